The molecule has 0 radical (unpaired) electrons. The molecule has 0 bridgehead atoms. The molecule has 0 spiro atoms. The van der Waals surface area contributed by atoms with Gasteiger partial charge in [-0.15, -0.1) is 0 Å². The lowest BCUT2D eigenvalue weighted by atomic mass is 10.0. The van der Waals surface area contributed by atoms with Crippen LogP contribution in [0.4, 0.5) is 0 Å². The number of nitrogens with zero attached hydrogens (tertiary/aromatic N) is 1. The van der Waals surface area contributed by atoms with Gasteiger partial charge in [-0.05, 0) is 6.92 Å². The lowest BCUT2D eigenvalue weighted by Gasteiger charge is -2.04. The molecule has 0 amide bonds. The standard InChI is InChI=1S/C14H14N2O3/c1-3-19-14(18)11-12(9(2)17)15-16-13(11)10-7-5-4-6-8-10/h4-8H,3H2,1-2H3,(H,15,16). The number of aromatic amines is 1. The molecule has 5 nitrogen and oxygen atoms in total. The van der Waals surface area contributed by atoms with E-state index >= 15 is 0 Å². The molecule has 2 rings (SSSR count). The zero-order valence-electron chi connectivity index (χ0n) is 10.8. The van der Waals surface area contributed by atoms with Gasteiger partial charge in [0.05, 0.1) is 6.61 Å². The average Bonchev–Trinajstić information content (AvgIpc) is 2.85. The summed E-state index contributed by atoms with van der Waals surface area (Å²) in [6, 6.07) is 9.19. The van der Waals surface area contributed by atoms with Crippen LogP contribution in [0.3, 0.4) is 0 Å². The van der Waals surface area contributed by atoms with E-state index in [0.29, 0.717) is 5.69 Å². The smallest absolute Gasteiger partial charge is 0.342 e. The van der Waals surface area contributed by atoms with E-state index in [0.717, 1.165) is 5.56 Å². The summed E-state index contributed by atoms with van der Waals surface area (Å²) in [5.74, 6) is -0.793. The third kappa shape index (κ3) is 2.54. The lowest BCUT2D eigenvalue weighted by molar-refractivity contribution is 0.0524. The van der Waals surface area contributed by atoms with Gasteiger partial charge in [0.2, 0.25) is 0 Å². The minimum atomic E-state index is -0.541. The summed E-state index contributed by atoms with van der Waals surface area (Å²) < 4.78 is 4.99. The maximum atomic E-state index is 12.0. The van der Waals surface area contributed by atoms with Crippen molar-refractivity contribution in [3.63, 3.8) is 0 Å². The lowest BCUT2D eigenvalue weighted by Crippen LogP contribution is -2.10. The molecule has 1 aromatic carbocycles. The Bertz CT molecular complexity index is 602. The van der Waals surface area contributed by atoms with Crippen LogP contribution in [0.5, 0.6) is 0 Å². The van der Waals surface area contributed by atoms with Gasteiger partial charge in [-0.1, -0.05) is 30.3 Å². The molecule has 1 heterocycles. The quantitative estimate of drug-likeness (QED) is 0.675. The largest absolute Gasteiger partial charge is 0.462 e. The molecule has 98 valence electrons. The van der Waals surface area contributed by atoms with Crippen molar-refractivity contribution >= 4 is 11.8 Å². The SMILES string of the molecule is CCOC(=O)c1c(-c2ccccc2)n[nH]c1C(C)=O. The molecule has 1 aromatic heterocycles. The molecule has 0 fully saturated rings. The van der Waals surface area contributed by atoms with E-state index in [1.54, 1.807) is 6.92 Å². The van der Waals surface area contributed by atoms with Crippen molar-refractivity contribution in [3.05, 3.63) is 41.6 Å². The van der Waals surface area contributed by atoms with Gasteiger partial charge in [-0.25, -0.2) is 4.79 Å². The molecule has 0 unspecified atom stereocenters. The number of H-pyrrole nitrogens is 1. The number of esters is 1. The van der Waals surface area contributed by atoms with Crippen LogP contribution in [0.15, 0.2) is 30.3 Å². The van der Waals surface area contributed by atoms with Gasteiger partial charge in [0, 0.05) is 12.5 Å². The molecular formula is C14H14N2O3. The van der Waals surface area contributed by atoms with Crippen molar-refractivity contribution in [1.82, 2.24) is 10.2 Å². The predicted octanol–water partition coefficient (Wildman–Crippen LogP) is 2.46. The van der Waals surface area contributed by atoms with E-state index in [1.165, 1.54) is 6.92 Å². The number of nitrogens with one attached hydrogen (secondary N) is 1. The first-order valence-electron chi connectivity index (χ1n) is 5.97. The van der Waals surface area contributed by atoms with Crippen molar-refractivity contribution in [1.29, 1.82) is 0 Å². The number of hydrogen-bond acceptors (Lipinski definition) is 4. The molecule has 0 saturated heterocycles. The summed E-state index contributed by atoms with van der Waals surface area (Å²) in [7, 11) is 0. The van der Waals surface area contributed by atoms with E-state index in [9.17, 15) is 9.59 Å². The van der Waals surface area contributed by atoms with Crippen molar-refractivity contribution in [2.24, 2.45) is 0 Å². The van der Waals surface area contributed by atoms with E-state index in [4.69, 9.17) is 4.74 Å². The van der Waals surface area contributed by atoms with Crippen LogP contribution in [0, 0.1) is 0 Å². The molecule has 2 aromatic rings. The van der Waals surface area contributed by atoms with Gasteiger partial charge in [0.15, 0.2) is 5.78 Å². The summed E-state index contributed by atoms with van der Waals surface area (Å²) in [5, 5.41) is 6.68. The molecule has 0 aliphatic heterocycles. The normalized spacial score (nSPS) is 10.2. The van der Waals surface area contributed by atoms with E-state index in [-0.39, 0.29) is 23.6 Å². The first-order chi connectivity index (χ1) is 9.15. The van der Waals surface area contributed by atoms with Crippen molar-refractivity contribution in [2.75, 3.05) is 6.61 Å². The molecule has 5 heteroatoms. The van der Waals surface area contributed by atoms with Gasteiger partial charge in [0.25, 0.3) is 0 Å². The number of hydrogen-bond donors (Lipinski definition) is 1. The van der Waals surface area contributed by atoms with Crippen LogP contribution in [0.25, 0.3) is 11.3 Å². The van der Waals surface area contributed by atoms with Gasteiger partial charge in [-0.2, -0.15) is 5.10 Å². The Kier molecular flexibility index (Phi) is 3.75. The number of carbonyl (C=O) groups is 2. The van der Waals surface area contributed by atoms with Crippen LogP contribution in [-0.2, 0) is 4.74 Å². The number of benzene rings is 1. The van der Waals surface area contributed by atoms with Gasteiger partial charge in [-0.3, -0.25) is 9.89 Å². The Labute approximate surface area is 110 Å². The fourth-order valence-corrected chi connectivity index (χ4v) is 1.80. The second kappa shape index (κ2) is 5.48. The first kappa shape index (κ1) is 13.0. The molecule has 0 aliphatic rings. The monoisotopic (exact) mass is 258 g/mol. The Hall–Kier alpha value is -2.43. The highest BCUT2D eigenvalue weighted by molar-refractivity contribution is 6.07. The van der Waals surface area contributed by atoms with Gasteiger partial charge < -0.3 is 4.74 Å². The molecule has 0 saturated carbocycles. The zero-order chi connectivity index (χ0) is 13.8. The average molecular weight is 258 g/mol. The van der Waals surface area contributed by atoms with Crippen molar-refractivity contribution < 1.29 is 14.3 Å². The van der Waals surface area contributed by atoms with E-state index in [2.05, 4.69) is 10.2 Å². The minimum Gasteiger partial charge on any atom is -0.462 e. The zero-order valence-corrected chi connectivity index (χ0v) is 10.8. The predicted molar refractivity (Wildman–Crippen MR) is 70.0 cm³/mol. The molecule has 1 N–H and O–H groups in total. The Morgan fingerprint density at radius 2 is 1.95 bits per heavy atom. The van der Waals surface area contributed by atoms with Gasteiger partial charge in [0.1, 0.15) is 17.0 Å². The van der Waals surface area contributed by atoms with Crippen LogP contribution < -0.4 is 0 Å². The fraction of sp³-hybridized carbons (Fsp3) is 0.214. The number of rotatable bonds is 4. The van der Waals surface area contributed by atoms with E-state index < -0.39 is 5.97 Å². The van der Waals surface area contributed by atoms with Crippen LogP contribution in [-0.4, -0.2) is 28.6 Å². The number of carbonyl (C=O) groups excluding carboxylic acids is 2. The third-order valence-electron chi connectivity index (χ3n) is 2.65. The van der Waals surface area contributed by atoms with Gasteiger partial charge >= 0.3 is 5.97 Å². The molecule has 19 heavy (non-hydrogen) atoms. The highest BCUT2D eigenvalue weighted by Crippen LogP contribution is 2.24. The number of ketones is 1. The van der Waals surface area contributed by atoms with Crippen LogP contribution >= 0.6 is 0 Å². The van der Waals surface area contributed by atoms with E-state index in [1.807, 2.05) is 30.3 Å². The van der Waals surface area contributed by atoms with Crippen LogP contribution in [0.2, 0.25) is 0 Å². The molecular weight excluding hydrogens is 244 g/mol. The van der Waals surface area contributed by atoms with Crippen molar-refractivity contribution in [3.8, 4) is 11.3 Å². The number of aromatic nitrogens is 2. The summed E-state index contributed by atoms with van der Waals surface area (Å²) in [6.07, 6.45) is 0. The second-order valence-electron chi connectivity index (χ2n) is 3.96. The second-order valence-corrected chi connectivity index (χ2v) is 3.96. The first-order valence-corrected chi connectivity index (χ1v) is 5.97. The topological polar surface area (TPSA) is 72.0 Å². The third-order valence-corrected chi connectivity index (χ3v) is 2.65. The number of Topliss-reactive ketones (excluding diaryl/α,β-unsaturated/α-hetero) is 1. The van der Waals surface area contributed by atoms with Crippen molar-refractivity contribution in [2.45, 2.75) is 13.8 Å². The highest BCUT2D eigenvalue weighted by Gasteiger charge is 2.24. The summed E-state index contributed by atoms with van der Waals surface area (Å²) >= 11 is 0. The minimum absolute atomic E-state index is 0.178. The summed E-state index contributed by atoms with van der Waals surface area (Å²) in [5.41, 5.74) is 1.57. The maximum absolute atomic E-state index is 12.0. The Balaban J connectivity index is 2.56. The maximum Gasteiger partial charge on any atom is 0.342 e. The molecule has 0 atom stereocenters. The van der Waals surface area contributed by atoms with Crippen LogP contribution in [0.1, 0.15) is 34.7 Å². The Morgan fingerprint density at radius 1 is 1.26 bits per heavy atom. The molecule has 0 aliphatic carbocycles. The summed E-state index contributed by atoms with van der Waals surface area (Å²) in [6.45, 7) is 3.34. The summed E-state index contributed by atoms with van der Waals surface area (Å²) in [4.78, 5) is 23.5. The Morgan fingerprint density at radius 3 is 2.53 bits per heavy atom. The fourth-order valence-electron chi connectivity index (χ4n) is 1.80. The number of ether oxygens (including phenoxy) is 1. The highest BCUT2D eigenvalue weighted by atomic mass is 16.5.